The molecule has 2 N–H and O–H groups in total. The first-order valence-electron chi connectivity index (χ1n) is 8.25. The van der Waals surface area contributed by atoms with Crippen molar-refractivity contribution in [1.29, 1.82) is 5.26 Å². The zero-order chi connectivity index (χ0) is 15.8. The van der Waals surface area contributed by atoms with Crippen LogP contribution in [-0.4, -0.2) is 18.5 Å². The maximum atomic E-state index is 8.95. The van der Waals surface area contributed by atoms with Crippen LogP contribution >= 0.6 is 0 Å². The minimum Gasteiger partial charge on any atom is -0.357 e. The summed E-state index contributed by atoms with van der Waals surface area (Å²) in [6.45, 7) is 5.86. The van der Waals surface area contributed by atoms with Crippen LogP contribution in [0.4, 0.5) is 0 Å². The molecule has 2 rings (SSSR count). The SMILES string of the molecule is CCNC(=NCc1cccc(C#N)c1)NC1CCC(C)CC1. The summed E-state index contributed by atoms with van der Waals surface area (Å²) in [5.74, 6) is 1.73. The molecule has 0 amide bonds. The molecule has 1 aliphatic carbocycles. The number of rotatable bonds is 4. The molecule has 1 aromatic carbocycles. The first-order chi connectivity index (χ1) is 10.7. The maximum Gasteiger partial charge on any atom is 0.191 e. The van der Waals surface area contributed by atoms with Crippen LogP contribution in [0.15, 0.2) is 29.3 Å². The van der Waals surface area contributed by atoms with Crippen molar-refractivity contribution in [3.05, 3.63) is 35.4 Å². The number of hydrogen-bond donors (Lipinski definition) is 2. The molecule has 0 aromatic heterocycles. The molecule has 0 saturated heterocycles. The Labute approximate surface area is 133 Å². The smallest absolute Gasteiger partial charge is 0.191 e. The van der Waals surface area contributed by atoms with Gasteiger partial charge >= 0.3 is 0 Å². The van der Waals surface area contributed by atoms with Crippen molar-refractivity contribution >= 4 is 5.96 Å². The van der Waals surface area contributed by atoms with Crippen molar-refractivity contribution in [1.82, 2.24) is 10.6 Å². The molecule has 1 fully saturated rings. The van der Waals surface area contributed by atoms with Crippen LogP contribution in [0.25, 0.3) is 0 Å². The van der Waals surface area contributed by atoms with E-state index in [1.807, 2.05) is 24.3 Å². The van der Waals surface area contributed by atoms with Gasteiger partial charge in [0.2, 0.25) is 0 Å². The summed E-state index contributed by atoms with van der Waals surface area (Å²) < 4.78 is 0. The Balaban J connectivity index is 1.95. The van der Waals surface area contributed by atoms with Gasteiger partial charge in [0.15, 0.2) is 5.96 Å². The van der Waals surface area contributed by atoms with Crippen molar-refractivity contribution in [3.63, 3.8) is 0 Å². The highest BCUT2D eigenvalue weighted by Crippen LogP contribution is 2.23. The number of nitriles is 1. The molecule has 1 aromatic rings. The highest BCUT2D eigenvalue weighted by Gasteiger charge is 2.18. The molecular weight excluding hydrogens is 272 g/mol. The van der Waals surface area contributed by atoms with E-state index in [1.54, 1.807) is 0 Å². The van der Waals surface area contributed by atoms with Crippen molar-refractivity contribution < 1.29 is 0 Å². The topological polar surface area (TPSA) is 60.2 Å². The van der Waals surface area contributed by atoms with Gasteiger partial charge in [-0.15, -0.1) is 0 Å². The van der Waals surface area contributed by atoms with E-state index in [1.165, 1.54) is 25.7 Å². The van der Waals surface area contributed by atoms with E-state index in [0.29, 0.717) is 18.2 Å². The lowest BCUT2D eigenvalue weighted by molar-refractivity contribution is 0.329. The van der Waals surface area contributed by atoms with E-state index in [9.17, 15) is 0 Å². The van der Waals surface area contributed by atoms with E-state index in [4.69, 9.17) is 5.26 Å². The third-order valence-electron chi connectivity index (χ3n) is 4.18. The molecular formula is C18H26N4. The summed E-state index contributed by atoms with van der Waals surface area (Å²) in [4.78, 5) is 4.66. The van der Waals surface area contributed by atoms with Crippen molar-refractivity contribution in [2.75, 3.05) is 6.54 Å². The van der Waals surface area contributed by atoms with E-state index >= 15 is 0 Å². The van der Waals surface area contributed by atoms with E-state index in [2.05, 4.69) is 35.5 Å². The van der Waals surface area contributed by atoms with E-state index in [-0.39, 0.29) is 0 Å². The van der Waals surface area contributed by atoms with Gasteiger partial charge in [0.1, 0.15) is 0 Å². The number of guanidine groups is 1. The molecule has 0 bridgehead atoms. The van der Waals surface area contributed by atoms with E-state index < -0.39 is 0 Å². The lowest BCUT2D eigenvalue weighted by Crippen LogP contribution is -2.44. The number of aliphatic imine (C=N–C) groups is 1. The second-order valence-electron chi connectivity index (χ2n) is 6.11. The number of nitrogens with one attached hydrogen (secondary N) is 2. The van der Waals surface area contributed by atoms with Crippen LogP contribution in [0, 0.1) is 17.2 Å². The lowest BCUT2D eigenvalue weighted by Gasteiger charge is -2.28. The second-order valence-corrected chi connectivity index (χ2v) is 6.11. The maximum absolute atomic E-state index is 8.95. The summed E-state index contributed by atoms with van der Waals surface area (Å²) >= 11 is 0. The third kappa shape index (κ3) is 5.07. The number of hydrogen-bond acceptors (Lipinski definition) is 2. The largest absolute Gasteiger partial charge is 0.357 e. The molecule has 0 unspecified atom stereocenters. The Bertz CT molecular complexity index is 536. The third-order valence-corrected chi connectivity index (χ3v) is 4.18. The predicted molar refractivity (Wildman–Crippen MR) is 90.5 cm³/mol. The summed E-state index contributed by atoms with van der Waals surface area (Å²) in [7, 11) is 0. The molecule has 0 atom stereocenters. The lowest BCUT2D eigenvalue weighted by atomic mass is 9.87. The normalized spacial score (nSPS) is 22.0. The Hall–Kier alpha value is -2.02. The standard InChI is InChI=1S/C18H26N4/c1-3-20-18(22-17-9-7-14(2)8-10-17)21-13-16-6-4-5-15(11-16)12-19/h4-6,11,14,17H,3,7-10,13H2,1-2H3,(H2,20,21,22). The number of nitrogens with zero attached hydrogens (tertiary/aromatic N) is 2. The van der Waals surface area contributed by atoms with E-state index in [0.717, 1.165) is 24.0 Å². The summed E-state index contributed by atoms with van der Waals surface area (Å²) in [6.07, 6.45) is 5.02. The Morgan fingerprint density at radius 2 is 2.09 bits per heavy atom. The molecule has 22 heavy (non-hydrogen) atoms. The molecule has 0 aliphatic heterocycles. The van der Waals surface area contributed by atoms with Gasteiger partial charge in [0.25, 0.3) is 0 Å². The van der Waals surface area contributed by atoms with Crippen LogP contribution in [0.1, 0.15) is 50.7 Å². The van der Waals surface area contributed by atoms with Gasteiger partial charge in [0, 0.05) is 12.6 Å². The molecule has 0 heterocycles. The summed E-state index contributed by atoms with van der Waals surface area (Å²) in [6, 6.07) is 10.3. The van der Waals surface area contributed by atoms with Gasteiger partial charge in [-0.2, -0.15) is 5.26 Å². The van der Waals surface area contributed by atoms with Gasteiger partial charge in [-0.3, -0.25) is 0 Å². The first kappa shape index (κ1) is 16.4. The highest BCUT2D eigenvalue weighted by atomic mass is 15.2. The van der Waals surface area contributed by atoms with Crippen LogP contribution in [0.2, 0.25) is 0 Å². The summed E-state index contributed by atoms with van der Waals surface area (Å²) in [5.41, 5.74) is 1.75. The Morgan fingerprint density at radius 3 is 2.77 bits per heavy atom. The monoisotopic (exact) mass is 298 g/mol. The quantitative estimate of drug-likeness (QED) is 0.663. The molecule has 0 radical (unpaired) electrons. The molecule has 4 nitrogen and oxygen atoms in total. The fourth-order valence-corrected chi connectivity index (χ4v) is 2.83. The van der Waals surface area contributed by atoms with Crippen molar-refractivity contribution in [2.24, 2.45) is 10.9 Å². The van der Waals surface area contributed by atoms with Crippen LogP contribution in [0.3, 0.4) is 0 Å². The fourth-order valence-electron chi connectivity index (χ4n) is 2.83. The molecule has 1 aliphatic rings. The fraction of sp³-hybridized carbons (Fsp3) is 0.556. The summed E-state index contributed by atoms with van der Waals surface area (Å²) in [5, 5.41) is 15.8. The van der Waals surface area contributed by atoms with Gasteiger partial charge in [0.05, 0.1) is 18.2 Å². The minimum absolute atomic E-state index is 0.527. The van der Waals surface area contributed by atoms with Crippen LogP contribution in [-0.2, 0) is 6.54 Å². The second kappa shape index (κ2) is 8.43. The molecule has 1 saturated carbocycles. The Kier molecular flexibility index (Phi) is 6.27. The van der Waals surface area contributed by atoms with Crippen LogP contribution in [0.5, 0.6) is 0 Å². The zero-order valence-corrected chi connectivity index (χ0v) is 13.6. The van der Waals surface area contributed by atoms with Crippen LogP contribution < -0.4 is 10.6 Å². The van der Waals surface area contributed by atoms with Crippen molar-refractivity contribution in [2.45, 2.75) is 52.1 Å². The first-order valence-corrected chi connectivity index (χ1v) is 8.25. The zero-order valence-electron chi connectivity index (χ0n) is 13.6. The minimum atomic E-state index is 0.527. The Morgan fingerprint density at radius 1 is 1.32 bits per heavy atom. The molecule has 4 heteroatoms. The number of benzene rings is 1. The average molecular weight is 298 g/mol. The van der Waals surface area contributed by atoms with Gasteiger partial charge in [-0.1, -0.05) is 19.1 Å². The van der Waals surface area contributed by atoms with Crippen molar-refractivity contribution in [3.8, 4) is 6.07 Å². The van der Waals surface area contributed by atoms with Gasteiger partial charge in [-0.25, -0.2) is 4.99 Å². The molecule has 118 valence electrons. The van der Waals surface area contributed by atoms with Gasteiger partial charge < -0.3 is 10.6 Å². The average Bonchev–Trinajstić information content (AvgIpc) is 2.55. The molecule has 0 spiro atoms. The predicted octanol–water partition coefficient (Wildman–Crippen LogP) is 3.19. The van der Waals surface area contributed by atoms with Gasteiger partial charge in [-0.05, 0) is 56.2 Å². The highest BCUT2D eigenvalue weighted by molar-refractivity contribution is 5.80.